The summed E-state index contributed by atoms with van der Waals surface area (Å²) in [6.45, 7) is -0.473. The van der Waals surface area contributed by atoms with Crippen LogP contribution < -0.4 is 4.74 Å². The Morgan fingerprint density at radius 3 is 2.28 bits per heavy atom. The lowest BCUT2D eigenvalue weighted by atomic mass is 9.99. The van der Waals surface area contributed by atoms with E-state index in [1.807, 2.05) is 0 Å². The molecule has 1 aliphatic heterocycles. The maximum atomic E-state index is 9.74. The summed E-state index contributed by atoms with van der Waals surface area (Å²) in [5, 5.41) is 37.9. The monoisotopic (exact) mass is 256 g/mol. The fourth-order valence-corrected chi connectivity index (χ4v) is 1.80. The van der Waals surface area contributed by atoms with Crippen molar-refractivity contribution in [2.24, 2.45) is 0 Å². The van der Waals surface area contributed by atoms with E-state index >= 15 is 0 Å². The molecule has 4 N–H and O–H groups in total. The number of benzene rings is 1. The highest BCUT2D eigenvalue weighted by molar-refractivity contribution is 5.21. The van der Waals surface area contributed by atoms with E-state index in [9.17, 15) is 15.3 Å². The number of aliphatic hydroxyl groups excluding tert-OH is 4. The zero-order chi connectivity index (χ0) is 13.1. The normalized spacial score (nSPS) is 36.3. The average Bonchev–Trinajstić information content (AvgIpc) is 2.40. The standard InChI is InChI=1S/C12H16O6/c13-6-8-9(14)10(15)11(16)12(18-8)17-7-4-2-1-3-5-7/h1-5,8-16H,6H2/t8?,9-,10-,11+,12+/m0/s1. The van der Waals surface area contributed by atoms with Crippen LogP contribution in [0.1, 0.15) is 0 Å². The smallest absolute Gasteiger partial charge is 0.229 e. The van der Waals surface area contributed by atoms with Crippen molar-refractivity contribution in [1.29, 1.82) is 0 Å². The molecule has 0 amide bonds. The van der Waals surface area contributed by atoms with Crippen molar-refractivity contribution < 1.29 is 29.9 Å². The van der Waals surface area contributed by atoms with Crippen LogP contribution in [0.3, 0.4) is 0 Å². The van der Waals surface area contributed by atoms with E-state index in [1.165, 1.54) is 0 Å². The van der Waals surface area contributed by atoms with Crippen LogP contribution in [0.5, 0.6) is 5.75 Å². The fourth-order valence-electron chi connectivity index (χ4n) is 1.80. The predicted octanol–water partition coefficient (Wildman–Crippen LogP) is -1.13. The van der Waals surface area contributed by atoms with Crippen molar-refractivity contribution >= 4 is 0 Å². The molecular weight excluding hydrogens is 240 g/mol. The van der Waals surface area contributed by atoms with E-state index in [0.717, 1.165) is 0 Å². The lowest BCUT2D eigenvalue weighted by Crippen LogP contribution is -2.60. The first-order valence-electron chi connectivity index (χ1n) is 5.65. The summed E-state index contributed by atoms with van der Waals surface area (Å²) in [5.74, 6) is 0.460. The molecule has 0 aliphatic carbocycles. The Balaban J connectivity index is 2.08. The molecule has 1 aromatic rings. The van der Waals surface area contributed by atoms with Gasteiger partial charge in [0.1, 0.15) is 30.2 Å². The van der Waals surface area contributed by atoms with E-state index in [2.05, 4.69) is 0 Å². The first kappa shape index (κ1) is 13.3. The molecule has 6 nitrogen and oxygen atoms in total. The Labute approximate surface area is 104 Å². The molecule has 0 spiro atoms. The van der Waals surface area contributed by atoms with Gasteiger partial charge in [-0.1, -0.05) is 18.2 Å². The summed E-state index contributed by atoms with van der Waals surface area (Å²) in [5.41, 5.74) is 0. The van der Waals surface area contributed by atoms with E-state index < -0.39 is 37.3 Å². The Hall–Kier alpha value is -1.18. The number of hydrogen-bond acceptors (Lipinski definition) is 6. The van der Waals surface area contributed by atoms with E-state index in [4.69, 9.17) is 14.6 Å². The van der Waals surface area contributed by atoms with Crippen molar-refractivity contribution in [2.45, 2.75) is 30.7 Å². The second kappa shape index (κ2) is 5.64. The number of rotatable bonds is 3. The average molecular weight is 256 g/mol. The van der Waals surface area contributed by atoms with Crippen molar-refractivity contribution in [1.82, 2.24) is 0 Å². The molecule has 1 heterocycles. The highest BCUT2D eigenvalue weighted by Crippen LogP contribution is 2.23. The molecule has 2 rings (SSSR count). The molecule has 1 aromatic carbocycles. The van der Waals surface area contributed by atoms with Crippen LogP contribution in [0.15, 0.2) is 30.3 Å². The summed E-state index contributed by atoms with van der Waals surface area (Å²) in [6, 6.07) is 8.64. The summed E-state index contributed by atoms with van der Waals surface area (Å²) < 4.78 is 10.6. The molecule has 6 heteroatoms. The number of ether oxygens (including phenoxy) is 2. The molecule has 0 bridgehead atoms. The maximum Gasteiger partial charge on any atom is 0.229 e. The summed E-state index contributed by atoms with van der Waals surface area (Å²) in [7, 11) is 0. The highest BCUT2D eigenvalue weighted by atomic mass is 16.7. The minimum Gasteiger partial charge on any atom is -0.462 e. The van der Waals surface area contributed by atoms with E-state index in [1.54, 1.807) is 30.3 Å². The zero-order valence-electron chi connectivity index (χ0n) is 9.59. The van der Waals surface area contributed by atoms with Gasteiger partial charge in [-0.25, -0.2) is 0 Å². The highest BCUT2D eigenvalue weighted by Gasteiger charge is 2.44. The number of para-hydroxylation sites is 1. The van der Waals surface area contributed by atoms with Gasteiger partial charge in [-0.2, -0.15) is 0 Å². The Kier molecular flexibility index (Phi) is 4.15. The topological polar surface area (TPSA) is 99.4 Å². The van der Waals surface area contributed by atoms with Gasteiger partial charge in [0.05, 0.1) is 6.61 Å². The third kappa shape index (κ3) is 2.63. The van der Waals surface area contributed by atoms with Crippen LogP contribution in [0, 0.1) is 0 Å². The van der Waals surface area contributed by atoms with E-state index in [-0.39, 0.29) is 0 Å². The lowest BCUT2D eigenvalue weighted by Gasteiger charge is -2.39. The lowest BCUT2D eigenvalue weighted by molar-refractivity contribution is -0.277. The Morgan fingerprint density at radius 2 is 1.67 bits per heavy atom. The van der Waals surface area contributed by atoms with Gasteiger partial charge in [0.15, 0.2) is 0 Å². The molecule has 18 heavy (non-hydrogen) atoms. The van der Waals surface area contributed by atoms with Crippen molar-refractivity contribution in [3.63, 3.8) is 0 Å². The van der Waals surface area contributed by atoms with Crippen molar-refractivity contribution in [3.05, 3.63) is 30.3 Å². The molecular formula is C12H16O6. The molecule has 1 aliphatic rings. The second-order valence-electron chi connectivity index (χ2n) is 4.13. The van der Waals surface area contributed by atoms with Crippen molar-refractivity contribution in [3.8, 4) is 5.75 Å². The number of hydrogen-bond donors (Lipinski definition) is 4. The quantitative estimate of drug-likeness (QED) is 0.546. The number of aliphatic hydroxyl groups is 4. The first-order valence-corrected chi connectivity index (χ1v) is 5.65. The van der Waals surface area contributed by atoms with Crippen LogP contribution in [0.25, 0.3) is 0 Å². The molecule has 100 valence electrons. The zero-order valence-corrected chi connectivity index (χ0v) is 9.59. The van der Waals surface area contributed by atoms with E-state index in [0.29, 0.717) is 5.75 Å². The van der Waals surface area contributed by atoms with Gasteiger partial charge in [-0.3, -0.25) is 0 Å². The predicted molar refractivity (Wildman–Crippen MR) is 60.8 cm³/mol. The van der Waals surface area contributed by atoms with Crippen LogP contribution in [-0.4, -0.2) is 57.7 Å². The van der Waals surface area contributed by atoms with Crippen LogP contribution in [-0.2, 0) is 4.74 Å². The largest absolute Gasteiger partial charge is 0.462 e. The molecule has 5 atom stereocenters. The third-order valence-corrected chi connectivity index (χ3v) is 2.84. The molecule has 0 radical (unpaired) electrons. The molecule has 0 saturated carbocycles. The van der Waals surface area contributed by atoms with Gasteiger partial charge >= 0.3 is 0 Å². The van der Waals surface area contributed by atoms with Gasteiger partial charge in [0.25, 0.3) is 0 Å². The minimum atomic E-state index is -1.43. The molecule has 1 fully saturated rings. The molecule has 0 aromatic heterocycles. The molecule has 1 saturated heterocycles. The van der Waals surface area contributed by atoms with Crippen LogP contribution >= 0.6 is 0 Å². The third-order valence-electron chi connectivity index (χ3n) is 2.84. The van der Waals surface area contributed by atoms with Crippen LogP contribution in [0.2, 0.25) is 0 Å². The molecule has 1 unspecified atom stereocenters. The van der Waals surface area contributed by atoms with Crippen LogP contribution in [0.4, 0.5) is 0 Å². The van der Waals surface area contributed by atoms with Crippen molar-refractivity contribution in [2.75, 3.05) is 6.61 Å². The van der Waals surface area contributed by atoms with Gasteiger partial charge in [-0.05, 0) is 12.1 Å². The second-order valence-corrected chi connectivity index (χ2v) is 4.13. The van der Waals surface area contributed by atoms with Gasteiger partial charge in [-0.15, -0.1) is 0 Å². The Morgan fingerprint density at radius 1 is 1.00 bits per heavy atom. The maximum absolute atomic E-state index is 9.74. The SMILES string of the molecule is OCC1O[C@@H](Oc2ccccc2)[C@H](O)[C@@H](O)[C@H]1O. The van der Waals surface area contributed by atoms with Gasteiger partial charge in [0, 0.05) is 0 Å². The minimum absolute atomic E-state index is 0.460. The fraction of sp³-hybridized carbons (Fsp3) is 0.500. The summed E-state index contributed by atoms with van der Waals surface area (Å²) in [6.07, 6.45) is -6.28. The summed E-state index contributed by atoms with van der Waals surface area (Å²) >= 11 is 0. The first-order chi connectivity index (χ1) is 8.63. The van der Waals surface area contributed by atoms with Gasteiger partial charge in [0.2, 0.25) is 6.29 Å². The summed E-state index contributed by atoms with van der Waals surface area (Å²) in [4.78, 5) is 0. The van der Waals surface area contributed by atoms with Gasteiger partial charge < -0.3 is 29.9 Å². The Bertz CT molecular complexity index is 368.